The van der Waals surface area contributed by atoms with Gasteiger partial charge in [-0.05, 0) is 29.3 Å². The highest BCUT2D eigenvalue weighted by molar-refractivity contribution is 9.10. The molecule has 0 aliphatic rings. The minimum absolute atomic E-state index is 0.0215. The van der Waals surface area contributed by atoms with Gasteiger partial charge in [0.15, 0.2) is 0 Å². The van der Waals surface area contributed by atoms with Gasteiger partial charge in [0.2, 0.25) is 5.95 Å². The molecule has 1 unspecified atom stereocenters. The highest BCUT2D eigenvalue weighted by Gasteiger charge is 2.11. The van der Waals surface area contributed by atoms with Gasteiger partial charge in [-0.25, -0.2) is 9.97 Å². The summed E-state index contributed by atoms with van der Waals surface area (Å²) in [4.78, 5) is 19.7. The molecular weight excluding hydrogens is 310 g/mol. The van der Waals surface area contributed by atoms with Crippen molar-refractivity contribution < 1.29 is 4.79 Å². The lowest BCUT2D eigenvalue weighted by Gasteiger charge is -2.10. The third-order valence-electron chi connectivity index (χ3n) is 2.32. The van der Waals surface area contributed by atoms with Crippen LogP contribution in [0.5, 0.6) is 0 Å². The molecule has 19 heavy (non-hydrogen) atoms. The van der Waals surface area contributed by atoms with Gasteiger partial charge in [-0.2, -0.15) is 5.26 Å². The van der Waals surface area contributed by atoms with Crippen LogP contribution < -0.4 is 10.6 Å². The van der Waals surface area contributed by atoms with Crippen LogP contribution >= 0.6 is 15.9 Å². The van der Waals surface area contributed by atoms with E-state index in [1.165, 1.54) is 6.20 Å². The fourth-order valence-electron chi connectivity index (χ4n) is 1.08. The van der Waals surface area contributed by atoms with Crippen LogP contribution in [0.2, 0.25) is 0 Å². The van der Waals surface area contributed by atoms with Crippen molar-refractivity contribution in [3.8, 4) is 6.07 Å². The van der Waals surface area contributed by atoms with Crippen LogP contribution in [0.3, 0.4) is 0 Å². The molecule has 0 aliphatic carbocycles. The number of carbonyl (C=O) groups excluding carboxylic acids is 1. The lowest BCUT2D eigenvalue weighted by Crippen LogP contribution is -2.33. The minimum Gasteiger partial charge on any atom is -0.349 e. The van der Waals surface area contributed by atoms with E-state index in [4.69, 9.17) is 5.26 Å². The molecule has 0 radical (unpaired) electrons. The SMILES string of the molecule is CCC(C)NC(=O)/C(C#N)=C\Nc1ncc(Br)cn1. The lowest BCUT2D eigenvalue weighted by molar-refractivity contribution is -0.117. The van der Waals surface area contributed by atoms with Gasteiger partial charge in [0.25, 0.3) is 5.91 Å². The Bertz CT molecular complexity index is 506. The second-order valence-corrected chi connectivity index (χ2v) is 4.74. The Morgan fingerprint density at radius 1 is 1.58 bits per heavy atom. The van der Waals surface area contributed by atoms with E-state index in [0.717, 1.165) is 10.9 Å². The predicted octanol–water partition coefficient (Wildman–Crippen LogP) is 1.97. The maximum absolute atomic E-state index is 11.7. The Labute approximate surface area is 120 Å². The monoisotopic (exact) mass is 323 g/mol. The first kappa shape index (κ1) is 15.1. The Hall–Kier alpha value is -1.94. The molecule has 0 spiro atoms. The number of halogens is 1. The molecule has 0 saturated carbocycles. The molecule has 1 atom stereocenters. The van der Waals surface area contributed by atoms with Crippen molar-refractivity contribution in [2.24, 2.45) is 0 Å². The van der Waals surface area contributed by atoms with Crippen molar-refractivity contribution in [1.82, 2.24) is 15.3 Å². The van der Waals surface area contributed by atoms with Gasteiger partial charge in [0.05, 0.1) is 4.47 Å². The summed E-state index contributed by atoms with van der Waals surface area (Å²) in [5.74, 6) is -0.103. The van der Waals surface area contributed by atoms with Crippen LogP contribution in [-0.2, 0) is 4.79 Å². The number of aromatic nitrogens is 2. The average Bonchev–Trinajstić information content (AvgIpc) is 2.41. The van der Waals surface area contributed by atoms with Gasteiger partial charge in [-0.15, -0.1) is 0 Å². The first-order valence-corrected chi connectivity index (χ1v) is 6.51. The first-order chi connectivity index (χ1) is 9.06. The van der Waals surface area contributed by atoms with Crippen molar-refractivity contribution in [3.05, 3.63) is 28.6 Å². The number of hydrogen-bond donors (Lipinski definition) is 2. The molecule has 1 amide bonds. The first-order valence-electron chi connectivity index (χ1n) is 5.72. The van der Waals surface area contributed by atoms with Crippen molar-refractivity contribution in [2.45, 2.75) is 26.3 Å². The quantitative estimate of drug-likeness (QED) is 0.638. The van der Waals surface area contributed by atoms with E-state index in [-0.39, 0.29) is 11.6 Å². The summed E-state index contributed by atoms with van der Waals surface area (Å²) >= 11 is 3.21. The third-order valence-corrected chi connectivity index (χ3v) is 2.73. The van der Waals surface area contributed by atoms with Crippen molar-refractivity contribution >= 4 is 27.8 Å². The molecule has 0 fully saturated rings. The van der Waals surface area contributed by atoms with Gasteiger partial charge in [0, 0.05) is 24.6 Å². The lowest BCUT2D eigenvalue weighted by atomic mass is 10.2. The van der Waals surface area contributed by atoms with Gasteiger partial charge in [-0.1, -0.05) is 6.92 Å². The highest BCUT2D eigenvalue weighted by Crippen LogP contribution is 2.07. The van der Waals surface area contributed by atoms with E-state index in [1.807, 2.05) is 19.9 Å². The van der Waals surface area contributed by atoms with Crippen LogP contribution in [0.4, 0.5) is 5.95 Å². The van der Waals surface area contributed by atoms with Gasteiger partial charge >= 0.3 is 0 Å². The molecule has 1 heterocycles. The molecule has 6 nitrogen and oxygen atoms in total. The summed E-state index contributed by atoms with van der Waals surface area (Å²) < 4.78 is 0.747. The molecule has 0 bridgehead atoms. The Morgan fingerprint density at radius 3 is 2.74 bits per heavy atom. The fraction of sp³-hybridized carbons (Fsp3) is 0.333. The highest BCUT2D eigenvalue weighted by atomic mass is 79.9. The normalized spacial score (nSPS) is 12.4. The van der Waals surface area contributed by atoms with Crippen molar-refractivity contribution in [2.75, 3.05) is 5.32 Å². The van der Waals surface area contributed by atoms with E-state index in [9.17, 15) is 4.79 Å². The zero-order valence-corrected chi connectivity index (χ0v) is 12.2. The largest absolute Gasteiger partial charge is 0.349 e. The number of amides is 1. The predicted molar refractivity (Wildman–Crippen MR) is 74.9 cm³/mol. The average molecular weight is 324 g/mol. The zero-order valence-electron chi connectivity index (χ0n) is 10.6. The van der Waals surface area contributed by atoms with E-state index >= 15 is 0 Å². The number of nitrogens with one attached hydrogen (secondary N) is 2. The van der Waals surface area contributed by atoms with Crippen molar-refractivity contribution in [1.29, 1.82) is 5.26 Å². The Morgan fingerprint density at radius 2 is 2.21 bits per heavy atom. The summed E-state index contributed by atoms with van der Waals surface area (Å²) in [6.07, 6.45) is 5.22. The van der Waals surface area contributed by atoms with Crippen molar-refractivity contribution in [3.63, 3.8) is 0 Å². The fourth-order valence-corrected chi connectivity index (χ4v) is 1.28. The maximum Gasteiger partial charge on any atom is 0.263 e. The number of rotatable bonds is 5. The maximum atomic E-state index is 11.7. The molecular formula is C12H14BrN5O. The summed E-state index contributed by atoms with van der Waals surface area (Å²) in [7, 11) is 0. The van der Waals surface area contributed by atoms with Crippen LogP contribution in [-0.4, -0.2) is 21.9 Å². The standard InChI is InChI=1S/C12H14BrN5O/c1-3-8(2)18-11(19)9(4-14)5-15-12-16-6-10(13)7-17-12/h5-8H,3H2,1-2H3,(H,18,19)(H,15,16,17)/b9-5-. The molecule has 0 aromatic carbocycles. The van der Waals surface area contributed by atoms with E-state index in [1.54, 1.807) is 12.4 Å². The molecule has 0 aliphatic heterocycles. The van der Waals surface area contributed by atoms with Crippen LogP contribution in [0.15, 0.2) is 28.6 Å². The number of anilines is 1. The molecule has 100 valence electrons. The smallest absolute Gasteiger partial charge is 0.263 e. The van der Waals surface area contributed by atoms with E-state index in [0.29, 0.717) is 5.95 Å². The summed E-state index contributed by atoms with van der Waals surface area (Å²) in [6.45, 7) is 3.83. The van der Waals surface area contributed by atoms with Gasteiger partial charge < -0.3 is 10.6 Å². The number of carbonyl (C=O) groups is 1. The van der Waals surface area contributed by atoms with Crippen LogP contribution in [0.25, 0.3) is 0 Å². The minimum atomic E-state index is -0.415. The number of hydrogen-bond acceptors (Lipinski definition) is 5. The third kappa shape index (κ3) is 5.06. The van der Waals surface area contributed by atoms with Crippen LogP contribution in [0, 0.1) is 11.3 Å². The van der Waals surface area contributed by atoms with E-state index in [2.05, 4.69) is 36.5 Å². The van der Waals surface area contributed by atoms with Crippen LogP contribution in [0.1, 0.15) is 20.3 Å². The number of nitriles is 1. The second-order valence-electron chi connectivity index (χ2n) is 3.82. The zero-order chi connectivity index (χ0) is 14.3. The van der Waals surface area contributed by atoms with Gasteiger partial charge in [-0.3, -0.25) is 4.79 Å². The summed E-state index contributed by atoms with van der Waals surface area (Å²) in [6, 6.07) is 1.86. The van der Waals surface area contributed by atoms with E-state index < -0.39 is 5.91 Å². The molecule has 1 aromatic rings. The topological polar surface area (TPSA) is 90.7 Å². The second kappa shape index (κ2) is 7.48. The molecule has 1 aromatic heterocycles. The number of nitrogens with zero attached hydrogens (tertiary/aromatic N) is 3. The Kier molecular flexibility index (Phi) is 5.96. The molecule has 0 saturated heterocycles. The summed E-state index contributed by atoms with van der Waals surface area (Å²) in [5, 5.41) is 14.4. The molecule has 7 heteroatoms. The Balaban J connectivity index is 2.69. The molecule has 2 N–H and O–H groups in total. The van der Waals surface area contributed by atoms with Gasteiger partial charge in [0.1, 0.15) is 11.6 Å². The molecule has 1 rings (SSSR count). The summed E-state index contributed by atoms with van der Waals surface area (Å²) in [5.41, 5.74) is -0.0215.